The number of carboxylic acids is 1. The van der Waals surface area contributed by atoms with E-state index in [1.54, 1.807) is 0 Å². The lowest BCUT2D eigenvalue weighted by atomic mass is 10.1. The molecule has 8 heteroatoms. The van der Waals surface area contributed by atoms with Gasteiger partial charge in [0.25, 0.3) is 0 Å². The van der Waals surface area contributed by atoms with E-state index < -0.39 is 5.97 Å². The van der Waals surface area contributed by atoms with Crippen LogP contribution in [0.1, 0.15) is 13.3 Å². The van der Waals surface area contributed by atoms with Crippen molar-refractivity contribution in [2.75, 3.05) is 58.9 Å². The molecule has 0 aromatic heterocycles. The van der Waals surface area contributed by atoms with Crippen molar-refractivity contribution in [2.45, 2.75) is 19.4 Å². The highest BCUT2D eigenvalue weighted by atomic mass is 16.4. The number of aliphatic carboxylic acids is 1. The van der Waals surface area contributed by atoms with Crippen LogP contribution in [0, 0.1) is 0 Å². The van der Waals surface area contributed by atoms with Gasteiger partial charge in [-0.2, -0.15) is 0 Å². The van der Waals surface area contributed by atoms with Crippen molar-refractivity contribution < 1.29 is 14.7 Å². The van der Waals surface area contributed by atoms with Crippen LogP contribution in [0.2, 0.25) is 0 Å². The lowest BCUT2D eigenvalue weighted by Gasteiger charge is -2.30. The average molecular weight is 315 g/mol. The lowest BCUT2D eigenvalue weighted by Crippen LogP contribution is -2.52. The zero-order chi connectivity index (χ0) is 16.2. The summed E-state index contributed by atoms with van der Waals surface area (Å²) < 4.78 is 0. The minimum atomic E-state index is -1.02. The van der Waals surface area contributed by atoms with E-state index in [2.05, 4.69) is 26.2 Å². The lowest BCUT2D eigenvalue weighted by molar-refractivity contribution is -0.138. The molecule has 5 N–H and O–H groups in total. The Morgan fingerprint density at radius 1 is 1.05 bits per heavy atom. The predicted octanol–water partition coefficient (Wildman–Crippen LogP) is -1.95. The van der Waals surface area contributed by atoms with Crippen molar-refractivity contribution in [1.29, 1.82) is 0 Å². The highest BCUT2D eigenvalue weighted by Gasteiger charge is 2.24. The number of nitrogens with one attached hydrogen (secondary N) is 4. The minimum Gasteiger partial charge on any atom is -0.480 e. The van der Waals surface area contributed by atoms with Gasteiger partial charge in [0.1, 0.15) is 6.54 Å². The van der Waals surface area contributed by atoms with Crippen molar-refractivity contribution >= 4 is 11.9 Å². The Balaban J connectivity index is 2.55. The van der Waals surface area contributed by atoms with Gasteiger partial charge in [-0.25, -0.2) is 0 Å². The van der Waals surface area contributed by atoms with Crippen LogP contribution < -0.4 is 21.3 Å². The summed E-state index contributed by atoms with van der Waals surface area (Å²) in [4.78, 5) is 24.9. The fraction of sp³-hybridized carbons (Fsp3) is 0.857. The third-order valence-electron chi connectivity index (χ3n) is 3.65. The maximum Gasteiger partial charge on any atom is 0.322 e. The molecule has 0 aliphatic carbocycles. The molecule has 0 spiro atoms. The first kappa shape index (κ1) is 18.8. The minimum absolute atomic E-state index is 0.210. The fourth-order valence-electron chi connectivity index (χ4n) is 2.49. The zero-order valence-electron chi connectivity index (χ0n) is 13.4. The summed E-state index contributed by atoms with van der Waals surface area (Å²) in [5.41, 5.74) is 0. The van der Waals surface area contributed by atoms with Gasteiger partial charge in [-0.3, -0.25) is 14.5 Å². The summed E-state index contributed by atoms with van der Waals surface area (Å²) in [5, 5.41) is 21.2. The van der Waals surface area contributed by atoms with Gasteiger partial charge < -0.3 is 26.4 Å². The summed E-state index contributed by atoms with van der Waals surface area (Å²) in [6.07, 6.45) is 0.660. The molecule has 0 aromatic carbocycles. The molecule has 8 nitrogen and oxygen atoms in total. The number of carboxylic acid groups (broad SMARTS) is 1. The molecule has 1 aliphatic heterocycles. The number of carbonyl (C=O) groups is 2. The Morgan fingerprint density at radius 3 is 2.00 bits per heavy atom. The normalized spacial score (nSPS) is 20.4. The Morgan fingerprint density at radius 2 is 1.55 bits per heavy atom. The maximum absolute atomic E-state index is 12.2. The van der Waals surface area contributed by atoms with E-state index in [1.807, 2.05) is 6.92 Å². The molecule has 128 valence electrons. The molecule has 1 atom stereocenters. The molecule has 0 saturated carbocycles. The summed E-state index contributed by atoms with van der Waals surface area (Å²) in [6.45, 7) is 8.43. The van der Waals surface area contributed by atoms with Crippen molar-refractivity contribution in [3.05, 3.63) is 0 Å². The third kappa shape index (κ3) is 7.69. The average Bonchev–Trinajstić information content (AvgIpc) is 2.48. The van der Waals surface area contributed by atoms with Gasteiger partial charge in [0.15, 0.2) is 0 Å². The van der Waals surface area contributed by atoms with E-state index in [9.17, 15) is 9.59 Å². The molecule has 1 amide bonds. The summed E-state index contributed by atoms with van der Waals surface area (Å²) in [7, 11) is 0. The highest BCUT2D eigenvalue weighted by Crippen LogP contribution is 2.04. The number of carbonyl (C=O) groups excluding carboxylic acids is 1. The van der Waals surface area contributed by atoms with E-state index in [4.69, 9.17) is 5.11 Å². The second-order valence-corrected chi connectivity index (χ2v) is 5.32. The quantitative estimate of drug-likeness (QED) is 0.401. The van der Waals surface area contributed by atoms with Crippen LogP contribution in [-0.4, -0.2) is 86.8 Å². The topological polar surface area (TPSA) is 106 Å². The largest absolute Gasteiger partial charge is 0.480 e. The van der Waals surface area contributed by atoms with Crippen LogP contribution in [0.25, 0.3) is 0 Å². The van der Waals surface area contributed by atoms with E-state index in [1.165, 1.54) is 0 Å². The number of hydrogen-bond donors (Lipinski definition) is 5. The second-order valence-electron chi connectivity index (χ2n) is 5.32. The van der Waals surface area contributed by atoms with Crippen molar-refractivity contribution in [1.82, 2.24) is 26.2 Å². The van der Waals surface area contributed by atoms with Crippen LogP contribution >= 0.6 is 0 Å². The molecule has 1 heterocycles. The third-order valence-corrected chi connectivity index (χ3v) is 3.65. The molecular formula is C14H29N5O3. The van der Waals surface area contributed by atoms with Gasteiger partial charge in [-0.1, -0.05) is 6.92 Å². The Kier molecular flexibility index (Phi) is 9.72. The van der Waals surface area contributed by atoms with Crippen LogP contribution in [0.4, 0.5) is 0 Å². The first-order valence-electron chi connectivity index (χ1n) is 8.00. The molecule has 1 rings (SSSR count). The molecular weight excluding hydrogens is 286 g/mol. The number of rotatable bonds is 5. The smallest absolute Gasteiger partial charge is 0.322 e. The Bertz CT molecular complexity index is 328. The number of amides is 1. The van der Waals surface area contributed by atoms with E-state index in [-0.39, 0.29) is 18.5 Å². The predicted molar refractivity (Wildman–Crippen MR) is 84.9 cm³/mol. The first-order valence-corrected chi connectivity index (χ1v) is 8.00. The van der Waals surface area contributed by atoms with Gasteiger partial charge >= 0.3 is 5.97 Å². The molecule has 1 aliphatic rings. The van der Waals surface area contributed by atoms with Gasteiger partial charge in [0.2, 0.25) is 5.91 Å². The van der Waals surface area contributed by atoms with E-state index >= 15 is 0 Å². The van der Waals surface area contributed by atoms with Gasteiger partial charge in [-0.05, 0) is 6.42 Å². The molecule has 0 radical (unpaired) electrons. The molecule has 1 saturated heterocycles. The second kappa shape index (κ2) is 11.4. The van der Waals surface area contributed by atoms with Gasteiger partial charge in [-0.15, -0.1) is 0 Å². The maximum atomic E-state index is 12.2. The Hall–Kier alpha value is -1.22. The number of nitrogens with zero attached hydrogens (tertiary/aromatic N) is 1. The SMILES string of the molecule is CCC(C(=O)NCC(=O)O)N1CCNCCNCCNCC1. The summed E-state index contributed by atoms with van der Waals surface area (Å²) in [5.74, 6) is -1.23. The highest BCUT2D eigenvalue weighted by molar-refractivity contribution is 5.85. The molecule has 1 unspecified atom stereocenters. The fourth-order valence-corrected chi connectivity index (χ4v) is 2.49. The molecule has 22 heavy (non-hydrogen) atoms. The van der Waals surface area contributed by atoms with Crippen molar-refractivity contribution in [3.63, 3.8) is 0 Å². The van der Waals surface area contributed by atoms with Crippen molar-refractivity contribution in [2.24, 2.45) is 0 Å². The summed E-state index contributed by atoms with van der Waals surface area (Å²) >= 11 is 0. The first-order chi connectivity index (χ1) is 10.6. The van der Waals surface area contributed by atoms with Crippen LogP contribution in [0.3, 0.4) is 0 Å². The van der Waals surface area contributed by atoms with E-state index in [0.717, 1.165) is 52.4 Å². The zero-order valence-corrected chi connectivity index (χ0v) is 13.4. The number of hydrogen-bond acceptors (Lipinski definition) is 6. The summed E-state index contributed by atoms with van der Waals surface area (Å²) in [6, 6.07) is -0.288. The van der Waals surface area contributed by atoms with Crippen molar-refractivity contribution in [3.8, 4) is 0 Å². The standard InChI is InChI=1S/C14H29N5O3/c1-2-12(14(22)18-11-13(20)21)19-9-7-16-5-3-15-4-6-17-8-10-19/h12,15-17H,2-11H2,1H3,(H,18,22)(H,20,21). The Labute approximate surface area is 132 Å². The van der Waals surface area contributed by atoms with E-state index in [0.29, 0.717) is 6.42 Å². The molecule has 1 fully saturated rings. The van der Waals surface area contributed by atoms with Gasteiger partial charge in [0, 0.05) is 52.4 Å². The van der Waals surface area contributed by atoms with Crippen LogP contribution in [-0.2, 0) is 9.59 Å². The monoisotopic (exact) mass is 315 g/mol. The van der Waals surface area contributed by atoms with Gasteiger partial charge in [0.05, 0.1) is 6.04 Å². The van der Waals surface area contributed by atoms with Crippen LogP contribution in [0.15, 0.2) is 0 Å². The molecule has 0 aromatic rings. The van der Waals surface area contributed by atoms with Crippen LogP contribution in [0.5, 0.6) is 0 Å². The molecule has 0 bridgehead atoms.